The fraction of sp³-hybridized carbons (Fsp3) is 0.577. The first kappa shape index (κ1) is 22.9. The first-order valence-corrected chi connectivity index (χ1v) is 12.5. The molecule has 1 aromatic heterocycles. The number of rotatable bonds is 4. The number of hydrogen-bond donors (Lipinski definition) is 0. The lowest BCUT2D eigenvalue weighted by atomic mass is 9.98. The largest absolute Gasteiger partial charge is 0.497 e. The molecule has 3 aliphatic heterocycles. The lowest BCUT2D eigenvalue weighted by Gasteiger charge is -2.38. The normalized spacial score (nSPS) is 19.8. The highest BCUT2D eigenvalue weighted by molar-refractivity contribution is 5.94. The smallest absolute Gasteiger partial charge is 0.254 e. The van der Waals surface area contributed by atoms with E-state index in [9.17, 15) is 4.79 Å². The Kier molecular flexibility index (Phi) is 6.59. The van der Waals surface area contributed by atoms with Crippen molar-refractivity contribution in [2.45, 2.75) is 32.7 Å². The number of ether oxygens (including phenoxy) is 1. The minimum absolute atomic E-state index is 0.0333. The highest BCUT2D eigenvalue weighted by Crippen LogP contribution is 2.32. The van der Waals surface area contributed by atoms with Crippen LogP contribution in [0.1, 0.15) is 41.4 Å². The summed E-state index contributed by atoms with van der Waals surface area (Å²) in [5.74, 6) is 3.37. The molecule has 0 atom stereocenters. The fourth-order valence-electron chi connectivity index (χ4n) is 5.13. The van der Waals surface area contributed by atoms with Gasteiger partial charge < -0.3 is 24.3 Å². The maximum Gasteiger partial charge on any atom is 0.254 e. The summed E-state index contributed by atoms with van der Waals surface area (Å²) in [5.41, 5.74) is 2.88. The van der Waals surface area contributed by atoms with Gasteiger partial charge in [0.2, 0.25) is 5.95 Å². The Morgan fingerprint density at radius 3 is 2.50 bits per heavy atom. The molecule has 0 bridgehead atoms. The molecule has 2 aromatic rings. The van der Waals surface area contributed by atoms with Gasteiger partial charge in [-0.2, -0.15) is 4.98 Å². The summed E-state index contributed by atoms with van der Waals surface area (Å²) in [4.78, 5) is 32.6. The molecule has 34 heavy (non-hydrogen) atoms. The van der Waals surface area contributed by atoms with Crippen molar-refractivity contribution in [2.75, 3.05) is 69.8 Å². The molecule has 2 saturated heterocycles. The van der Waals surface area contributed by atoms with E-state index < -0.39 is 0 Å². The lowest BCUT2D eigenvalue weighted by molar-refractivity contribution is 0.0733. The molecule has 0 saturated carbocycles. The number of anilines is 2. The van der Waals surface area contributed by atoms with Gasteiger partial charge in [-0.3, -0.25) is 4.79 Å². The van der Waals surface area contributed by atoms with Crippen LogP contribution in [0.25, 0.3) is 0 Å². The summed E-state index contributed by atoms with van der Waals surface area (Å²) in [5, 5.41) is 0. The SMILES string of the molecule is COc1cccc(C(=O)N2CCc3nc(N4CCN(C)CC4)nc(N4CCC(C)CC4)c3C2)c1. The lowest BCUT2D eigenvalue weighted by Crippen LogP contribution is -2.46. The second kappa shape index (κ2) is 9.78. The predicted molar refractivity (Wildman–Crippen MR) is 134 cm³/mol. The highest BCUT2D eigenvalue weighted by atomic mass is 16.5. The average molecular weight is 465 g/mol. The van der Waals surface area contributed by atoms with Gasteiger partial charge in [-0.1, -0.05) is 13.0 Å². The van der Waals surface area contributed by atoms with Gasteiger partial charge in [0.15, 0.2) is 0 Å². The van der Waals surface area contributed by atoms with Crippen molar-refractivity contribution < 1.29 is 9.53 Å². The summed E-state index contributed by atoms with van der Waals surface area (Å²) < 4.78 is 5.33. The molecule has 1 amide bonds. The van der Waals surface area contributed by atoms with Crippen LogP contribution in [-0.2, 0) is 13.0 Å². The minimum Gasteiger partial charge on any atom is -0.497 e. The van der Waals surface area contributed by atoms with E-state index in [4.69, 9.17) is 14.7 Å². The van der Waals surface area contributed by atoms with Crippen molar-refractivity contribution in [3.05, 3.63) is 41.1 Å². The van der Waals surface area contributed by atoms with Crippen LogP contribution >= 0.6 is 0 Å². The first-order valence-electron chi connectivity index (χ1n) is 12.5. The van der Waals surface area contributed by atoms with Gasteiger partial charge in [0.1, 0.15) is 11.6 Å². The van der Waals surface area contributed by atoms with Crippen LogP contribution in [0.5, 0.6) is 5.75 Å². The summed E-state index contributed by atoms with van der Waals surface area (Å²) in [7, 11) is 3.79. The second-order valence-corrected chi connectivity index (χ2v) is 9.94. The monoisotopic (exact) mass is 464 g/mol. The van der Waals surface area contributed by atoms with Gasteiger partial charge in [0.25, 0.3) is 5.91 Å². The molecule has 0 unspecified atom stereocenters. The van der Waals surface area contributed by atoms with E-state index in [1.807, 2.05) is 29.2 Å². The fourth-order valence-corrected chi connectivity index (χ4v) is 5.13. The van der Waals surface area contributed by atoms with Crippen LogP contribution in [0, 0.1) is 5.92 Å². The zero-order chi connectivity index (χ0) is 23.7. The summed E-state index contributed by atoms with van der Waals surface area (Å²) in [6, 6.07) is 7.42. The van der Waals surface area contributed by atoms with E-state index in [2.05, 4.69) is 28.7 Å². The molecule has 1 aromatic carbocycles. The third kappa shape index (κ3) is 4.69. The molecule has 0 aliphatic carbocycles. The van der Waals surface area contributed by atoms with Crippen LogP contribution < -0.4 is 14.5 Å². The average Bonchev–Trinajstić information content (AvgIpc) is 2.88. The number of nitrogens with zero attached hydrogens (tertiary/aromatic N) is 6. The van der Waals surface area contributed by atoms with Gasteiger partial charge >= 0.3 is 0 Å². The van der Waals surface area contributed by atoms with Crippen molar-refractivity contribution in [2.24, 2.45) is 5.92 Å². The molecule has 0 N–H and O–H groups in total. The summed E-state index contributed by atoms with van der Waals surface area (Å²) >= 11 is 0. The van der Waals surface area contributed by atoms with E-state index in [1.165, 1.54) is 12.8 Å². The third-order valence-electron chi connectivity index (χ3n) is 7.50. The number of methoxy groups -OCH3 is 1. The molecule has 5 rings (SSSR count). The first-order chi connectivity index (χ1) is 16.5. The van der Waals surface area contributed by atoms with Gasteiger partial charge in [-0.25, -0.2) is 4.98 Å². The van der Waals surface area contributed by atoms with Crippen molar-refractivity contribution in [1.82, 2.24) is 19.8 Å². The molecular weight excluding hydrogens is 428 g/mol. The van der Waals surface area contributed by atoms with E-state index >= 15 is 0 Å². The zero-order valence-electron chi connectivity index (χ0n) is 20.7. The van der Waals surface area contributed by atoms with E-state index in [0.29, 0.717) is 24.4 Å². The van der Waals surface area contributed by atoms with Gasteiger partial charge in [-0.15, -0.1) is 0 Å². The van der Waals surface area contributed by atoms with Crippen molar-refractivity contribution in [1.29, 1.82) is 0 Å². The number of carbonyl (C=O) groups is 1. The van der Waals surface area contributed by atoms with Crippen molar-refractivity contribution in [3.63, 3.8) is 0 Å². The number of aromatic nitrogens is 2. The number of hydrogen-bond acceptors (Lipinski definition) is 7. The Morgan fingerprint density at radius 1 is 1.00 bits per heavy atom. The summed E-state index contributed by atoms with van der Waals surface area (Å²) in [6.45, 7) is 9.52. The second-order valence-electron chi connectivity index (χ2n) is 9.94. The van der Waals surface area contributed by atoms with Crippen LogP contribution in [-0.4, -0.2) is 85.6 Å². The van der Waals surface area contributed by atoms with Crippen molar-refractivity contribution >= 4 is 17.7 Å². The van der Waals surface area contributed by atoms with Gasteiger partial charge in [0, 0.05) is 63.4 Å². The third-order valence-corrected chi connectivity index (χ3v) is 7.50. The Labute approximate surface area is 202 Å². The maximum atomic E-state index is 13.4. The van der Waals surface area contributed by atoms with Crippen LogP contribution in [0.2, 0.25) is 0 Å². The van der Waals surface area contributed by atoms with Crippen LogP contribution in [0.15, 0.2) is 24.3 Å². The van der Waals surface area contributed by atoms with Crippen LogP contribution in [0.3, 0.4) is 0 Å². The van der Waals surface area contributed by atoms with Crippen LogP contribution in [0.4, 0.5) is 11.8 Å². The van der Waals surface area contributed by atoms with Gasteiger partial charge in [-0.05, 0) is 44.0 Å². The number of likely N-dealkylation sites (N-methyl/N-ethyl adjacent to an activating group) is 1. The number of piperazine rings is 1. The summed E-state index contributed by atoms with van der Waals surface area (Å²) in [6.07, 6.45) is 3.11. The Morgan fingerprint density at radius 2 is 1.76 bits per heavy atom. The van der Waals surface area contributed by atoms with Crippen molar-refractivity contribution in [3.8, 4) is 5.75 Å². The molecular formula is C26H36N6O2. The molecule has 8 heteroatoms. The zero-order valence-corrected chi connectivity index (χ0v) is 20.7. The maximum absolute atomic E-state index is 13.4. The van der Waals surface area contributed by atoms with E-state index in [-0.39, 0.29) is 5.91 Å². The Hall–Kier alpha value is -2.87. The molecule has 182 valence electrons. The van der Waals surface area contributed by atoms with E-state index in [1.54, 1.807) is 7.11 Å². The molecule has 4 heterocycles. The number of piperidine rings is 1. The molecule has 3 aliphatic rings. The quantitative estimate of drug-likeness (QED) is 0.689. The molecule has 0 radical (unpaired) electrons. The standard InChI is InChI=1S/C26H36N6O2/c1-19-7-10-30(11-8-19)24-22-18-32(25(33)20-5-4-6-21(17-20)34-3)12-9-23(22)27-26(28-24)31-15-13-29(2)14-16-31/h4-6,17,19H,7-16,18H2,1-3H3. The predicted octanol–water partition coefficient (Wildman–Crippen LogP) is 2.67. The number of benzene rings is 1. The highest BCUT2D eigenvalue weighted by Gasteiger charge is 2.30. The van der Waals surface area contributed by atoms with Gasteiger partial charge in [0.05, 0.1) is 19.3 Å². The Balaban J connectivity index is 1.45. The minimum atomic E-state index is 0.0333. The topological polar surface area (TPSA) is 65.0 Å². The number of carbonyl (C=O) groups excluding carboxylic acids is 1. The molecule has 2 fully saturated rings. The Bertz CT molecular complexity index is 1030. The molecule has 8 nitrogen and oxygen atoms in total. The number of amides is 1. The number of fused-ring (bicyclic) bond motifs is 1. The van der Waals surface area contributed by atoms with E-state index in [0.717, 1.165) is 74.6 Å². The molecule has 0 spiro atoms.